The van der Waals surface area contributed by atoms with Crippen LogP contribution in [-0.4, -0.2) is 0 Å². The number of fused-ring (bicyclic) bond motifs is 2. The van der Waals surface area contributed by atoms with Crippen LogP contribution in [0.5, 0.6) is 0 Å². The van der Waals surface area contributed by atoms with Gasteiger partial charge >= 0.3 is 26.2 Å². The van der Waals surface area contributed by atoms with E-state index in [1.54, 1.807) is 0 Å². The van der Waals surface area contributed by atoms with Crippen molar-refractivity contribution >= 4 is 17.2 Å². The standard InChI is InChI=1S/C53H65.2ClH.Zr/c1-17-33-28-40(52(11,12)13)31-42(33)47-44-29-36-22-27-39(51(8,9)10)30-41(36)43(44)32-45(53(14,15)16)48(47)46(34-18-23-37(24-19-34)49(2,3)4)35-20-25-38(26-21-35)50(5,6)7;;;/h18-28,30-33H,17H2,1-16H3;2*1H;/q-1;;;+3/p-2. The molecule has 0 spiro atoms. The summed E-state index contributed by atoms with van der Waals surface area (Å²) in [6.45, 7) is 37.4. The number of hydrogen-bond acceptors (Lipinski definition) is 0. The van der Waals surface area contributed by atoms with Gasteiger partial charge in [0.1, 0.15) is 0 Å². The van der Waals surface area contributed by atoms with Crippen molar-refractivity contribution in [3.63, 3.8) is 0 Å². The summed E-state index contributed by atoms with van der Waals surface area (Å²) >= 11 is 0. The average Bonchev–Trinajstić information content (AvgIpc) is 3.65. The van der Waals surface area contributed by atoms with Crippen LogP contribution in [-0.2, 0) is 47.9 Å². The number of allylic oxidation sites excluding steroid dienone is 4. The van der Waals surface area contributed by atoms with Gasteiger partial charge in [-0.2, -0.15) is 0 Å². The summed E-state index contributed by atoms with van der Waals surface area (Å²) in [6.07, 6.45) is 10.2. The molecule has 0 amide bonds. The van der Waals surface area contributed by atoms with E-state index < -0.39 is 0 Å². The third kappa shape index (κ3) is 9.38. The zero-order valence-electron chi connectivity index (χ0n) is 37.1. The smallest absolute Gasteiger partial charge is 1.00 e. The maximum atomic E-state index is 4.06. The van der Waals surface area contributed by atoms with Crippen molar-refractivity contribution in [3.05, 3.63) is 156 Å². The van der Waals surface area contributed by atoms with Crippen LogP contribution in [0.1, 0.15) is 162 Å². The van der Waals surface area contributed by atoms with Crippen LogP contribution in [0.2, 0.25) is 0 Å². The Balaban J connectivity index is 0.00000280. The Kier molecular flexibility index (Phi) is 14.3. The molecule has 0 aliphatic heterocycles. The summed E-state index contributed by atoms with van der Waals surface area (Å²) in [7, 11) is 0. The molecule has 0 aromatic heterocycles. The fourth-order valence-electron chi connectivity index (χ4n) is 8.06. The van der Waals surface area contributed by atoms with Gasteiger partial charge in [0, 0.05) is 0 Å². The van der Waals surface area contributed by atoms with Gasteiger partial charge in [-0.3, -0.25) is 0 Å². The SMILES string of the molecule is CCC1C=C(C(C)(C)C)C=C1c1c2c(cc(C(C)(C)C)c1=C(c1ccc(C(C)(C)C)cc1)c1ccc(C(C)(C)C)cc1)=c1cc(C(C)(C)C)ccc1=[C-]2.[Cl-].[Cl-].[Zr+3]. The second kappa shape index (κ2) is 16.7. The predicted molar refractivity (Wildman–Crippen MR) is 231 cm³/mol. The van der Waals surface area contributed by atoms with Crippen molar-refractivity contribution < 1.29 is 51.0 Å². The average molecular weight is 864 g/mol. The summed E-state index contributed by atoms with van der Waals surface area (Å²) in [5.74, 6) is 0.325. The Morgan fingerprint density at radius 3 is 1.43 bits per heavy atom. The molecule has 56 heavy (non-hydrogen) atoms. The summed E-state index contributed by atoms with van der Waals surface area (Å²) in [4.78, 5) is 0. The van der Waals surface area contributed by atoms with Gasteiger partial charge in [0.05, 0.1) is 0 Å². The van der Waals surface area contributed by atoms with Crippen LogP contribution >= 0.6 is 0 Å². The topological polar surface area (TPSA) is 0 Å². The predicted octanol–water partition coefficient (Wildman–Crippen LogP) is 6.83. The van der Waals surface area contributed by atoms with E-state index in [0.717, 1.165) is 6.42 Å². The van der Waals surface area contributed by atoms with Crippen LogP contribution in [0, 0.1) is 21.8 Å². The molecule has 0 saturated heterocycles. The second-order valence-corrected chi connectivity index (χ2v) is 21.0. The van der Waals surface area contributed by atoms with E-state index >= 15 is 0 Å². The van der Waals surface area contributed by atoms with Gasteiger partial charge in [0.2, 0.25) is 0 Å². The maximum Gasteiger partial charge on any atom is 3.00 e. The van der Waals surface area contributed by atoms with Gasteiger partial charge in [-0.25, -0.2) is 0 Å². The summed E-state index contributed by atoms with van der Waals surface area (Å²) in [6, 6.07) is 28.6. The van der Waals surface area contributed by atoms with E-state index in [1.165, 1.54) is 82.1 Å². The van der Waals surface area contributed by atoms with E-state index in [1.807, 2.05) is 0 Å². The molecule has 6 rings (SSSR count). The molecular formula is C53H65Cl2Zr. The van der Waals surface area contributed by atoms with Gasteiger partial charge < -0.3 is 24.8 Å². The fourth-order valence-corrected chi connectivity index (χ4v) is 8.06. The molecule has 0 saturated carbocycles. The Morgan fingerprint density at radius 2 is 1.02 bits per heavy atom. The van der Waals surface area contributed by atoms with Gasteiger partial charge in [0.15, 0.2) is 0 Å². The quantitative estimate of drug-likeness (QED) is 0.174. The molecule has 1 unspecified atom stereocenters. The van der Waals surface area contributed by atoms with Crippen LogP contribution in [0.3, 0.4) is 0 Å². The summed E-state index contributed by atoms with van der Waals surface area (Å²) in [5.41, 5.74) is 14.9. The molecule has 0 nitrogen and oxygen atoms in total. The second-order valence-electron chi connectivity index (χ2n) is 21.0. The van der Waals surface area contributed by atoms with Crippen LogP contribution in [0.15, 0.2) is 90.5 Å². The Bertz CT molecular complexity index is 2290. The molecule has 3 heteroatoms. The van der Waals surface area contributed by atoms with Crippen LogP contribution in [0.25, 0.3) is 17.2 Å². The number of rotatable bonds is 4. The Hall–Kier alpha value is -2.44. The first kappa shape index (κ1) is 47.9. The van der Waals surface area contributed by atoms with Crippen molar-refractivity contribution in [1.29, 1.82) is 0 Å². The van der Waals surface area contributed by atoms with Crippen molar-refractivity contribution in [2.24, 2.45) is 11.3 Å². The zero-order chi connectivity index (χ0) is 39.1. The molecule has 1 radical (unpaired) electrons. The normalized spacial score (nSPS) is 15.3. The largest absolute Gasteiger partial charge is 3.00 e. The number of benzene rings is 4. The third-order valence-corrected chi connectivity index (χ3v) is 11.6. The molecule has 0 fully saturated rings. The van der Waals surface area contributed by atoms with E-state index in [2.05, 4.69) is 202 Å². The van der Waals surface area contributed by atoms with Crippen LogP contribution < -0.4 is 35.3 Å². The molecular weight excluding hydrogens is 799 g/mol. The van der Waals surface area contributed by atoms with E-state index in [0.29, 0.717) is 5.92 Å². The molecule has 2 aliphatic carbocycles. The first-order valence-corrected chi connectivity index (χ1v) is 20.1. The molecule has 4 aromatic rings. The molecule has 4 aromatic carbocycles. The minimum absolute atomic E-state index is 0. The summed E-state index contributed by atoms with van der Waals surface area (Å²) in [5, 5.41) is 5.19. The molecule has 2 aliphatic rings. The van der Waals surface area contributed by atoms with E-state index in [9.17, 15) is 0 Å². The third-order valence-electron chi connectivity index (χ3n) is 11.6. The monoisotopic (exact) mass is 861 g/mol. The molecule has 0 N–H and O–H groups in total. The molecule has 0 bridgehead atoms. The molecule has 1 atom stereocenters. The number of halogens is 2. The van der Waals surface area contributed by atoms with Crippen molar-refractivity contribution in [2.45, 2.75) is 139 Å². The first-order chi connectivity index (χ1) is 24.4. The van der Waals surface area contributed by atoms with Crippen molar-refractivity contribution in [1.82, 2.24) is 0 Å². The van der Waals surface area contributed by atoms with Gasteiger partial charge in [-0.05, 0) is 83.6 Å². The maximum absolute atomic E-state index is 4.06. The van der Waals surface area contributed by atoms with Crippen LogP contribution in [0.4, 0.5) is 0 Å². The number of hydrogen-bond donors (Lipinski definition) is 0. The minimum Gasteiger partial charge on any atom is -1.00 e. The minimum atomic E-state index is -0.132. The fraction of sp³-hybridized carbons (Fsp3) is 0.434. The van der Waals surface area contributed by atoms with Crippen molar-refractivity contribution in [2.75, 3.05) is 0 Å². The van der Waals surface area contributed by atoms with Crippen molar-refractivity contribution in [3.8, 4) is 0 Å². The first-order valence-electron chi connectivity index (χ1n) is 20.1. The zero-order valence-corrected chi connectivity index (χ0v) is 41.1. The Morgan fingerprint density at radius 1 is 0.554 bits per heavy atom. The van der Waals surface area contributed by atoms with Gasteiger partial charge in [-0.1, -0.05) is 206 Å². The summed E-state index contributed by atoms with van der Waals surface area (Å²) < 4.78 is 0. The Labute approximate surface area is 371 Å². The van der Waals surface area contributed by atoms with E-state index in [-0.39, 0.29) is 78.1 Å². The van der Waals surface area contributed by atoms with Gasteiger partial charge in [0.25, 0.3) is 0 Å². The van der Waals surface area contributed by atoms with E-state index in [4.69, 9.17) is 0 Å². The molecule has 295 valence electrons. The molecule has 0 heterocycles. The van der Waals surface area contributed by atoms with Gasteiger partial charge in [-0.15, -0.1) is 33.4 Å².